The normalized spacial score (nSPS) is 13.8. The molecule has 0 radical (unpaired) electrons. The van der Waals surface area contributed by atoms with Crippen molar-refractivity contribution in [3.8, 4) is 5.75 Å². The van der Waals surface area contributed by atoms with Crippen molar-refractivity contribution < 1.29 is 14.8 Å². The first-order chi connectivity index (χ1) is 10.1. The number of nitro benzene ring substituents is 1. The molecule has 6 nitrogen and oxygen atoms in total. The van der Waals surface area contributed by atoms with Crippen LogP contribution >= 0.6 is 11.3 Å². The van der Waals surface area contributed by atoms with E-state index in [4.69, 9.17) is 0 Å². The average Bonchev–Trinajstić information content (AvgIpc) is 2.93. The van der Waals surface area contributed by atoms with E-state index in [0.717, 1.165) is 12.0 Å². The molecule has 0 saturated heterocycles. The zero-order valence-corrected chi connectivity index (χ0v) is 11.8. The lowest BCUT2D eigenvalue weighted by atomic mass is 10.1. The van der Waals surface area contributed by atoms with Crippen molar-refractivity contribution in [3.05, 3.63) is 55.8 Å². The highest BCUT2D eigenvalue weighted by Gasteiger charge is 2.27. The first-order valence-electron chi connectivity index (χ1n) is 6.39. The molecule has 1 N–H and O–H groups in total. The van der Waals surface area contributed by atoms with Crippen LogP contribution in [-0.4, -0.2) is 27.4 Å². The lowest BCUT2D eigenvalue weighted by Crippen LogP contribution is -2.35. The van der Waals surface area contributed by atoms with Crippen LogP contribution in [0.5, 0.6) is 5.75 Å². The van der Waals surface area contributed by atoms with Gasteiger partial charge in [-0.2, -0.15) is 0 Å². The van der Waals surface area contributed by atoms with Crippen molar-refractivity contribution in [2.45, 2.75) is 13.0 Å². The summed E-state index contributed by atoms with van der Waals surface area (Å²) in [5.41, 5.74) is 0.626. The number of benzene rings is 1. The molecule has 1 aromatic carbocycles. The number of carbonyl (C=O) groups excluding carboxylic acids is 1. The fourth-order valence-electron chi connectivity index (χ4n) is 2.44. The lowest BCUT2D eigenvalue weighted by Gasteiger charge is -2.27. The molecule has 0 unspecified atom stereocenters. The Kier molecular flexibility index (Phi) is 3.34. The number of rotatable bonds is 2. The largest absolute Gasteiger partial charge is 0.502 e. The number of para-hydroxylation sites is 1. The molecule has 0 bridgehead atoms. The zero-order valence-electron chi connectivity index (χ0n) is 11.0. The van der Waals surface area contributed by atoms with Crippen LogP contribution in [0.15, 0.2) is 29.6 Å². The minimum absolute atomic E-state index is 0.0251. The first kappa shape index (κ1) is 13.6. The molecule has 21 heavy (non-hydrogen) atoms. The Labute approximate surface area is 124 Å². The molecule has 0 atom stereocenters. The van der Waals surface area contributed by atoms with Crippen molar-refractivity contribution in [2.24, 2.45) is 0 Å². The Balaban J connectivity index is 1.90. The van der Waals surface area contributed by atoms with Gasteiger partial charge in [-0.3, -0.25) is 14.9 Å². The zero-order chi connectivity index (χ0) is 15.0. The molecule has 108 valence electrons. The molecule has 0 saturated carbocycles. The summed E-state index contributed by atoms with van der Waals surface area (Å²) >= 11 is 1.67. The lowest BCUT2D eigenvalue weighted by molar-refractivity contribution is -0.385. The monoisotopic (exact) mass is 304 g/mol. The number of phenols is 1. The molecule has 1 aliphatic heterocycles. The third kappa shape index (κ3) is 2.36. The van der Waals surface area contributed by atoms with Crippen molar-refractivity contribution in [2.75, 3.05) is 6.54 Å². The highest BCUT2D eigenvalue weighted by Crippen LogP contribution is 2.32. The number of fused-ring (bicyclic) bond motifs is 1. The number of nitro groups is 1. The average molecular weight is 304 g/mol. The highest BCUT2D eigenvalue weighted by atomic mass is 32.1. The van der Waals surface area contributed by atoms with Gasteiger partial charge in [0.2, 0.25) is 5.75 Å². The number of nitrogens with zero attached hydrogens (tertiary/aromatic N) is 2. The van der Waals surface area contributed by atoms with Crippen LogP contribution in [0.1, 0.15) is 20.8 Å². The van der Waals surface area contributed by atoms with Gasteiger partial charge in [-0.1, -0.05) is 6.07 Å². The molecule has 1 amide bonds. The Morgan fingerprint density at radius 1 is 1.38 bits per heavy atom. The van der Waals surface area contributed by atoms with Crippen molar-refractivity contribution in [3.63, 3.8) is 0 Å². The van der Waals surface area contributed by atoms with Crippen molar-refractivity contribution in [1.82, 2.24) is 4.90 Å². The molecule has 3 rings (SSSR count). The second-order valence-corrected chi connectivity index (χ2v) is 5.78. The van der Waals surface area contributed by atoms with Crippen LogP contribution in [-0.2, 0) is 13.0 Å². The number of amides is 1. The van der Waals surface area contributed by atoms with E-state index in [2.05, 4.69) is 0 Å². The maximum Gasteiger partial charge on any atom is 0.311 e. The summed E-state index contributed by atoms with van der Waals surface area (Å²) in [6.07, 6.45) is 0.772. The molecule has 2 heterocycles. The molecule has 0 aliphatic carbocycles. The molecule has 1 aliphatic rings. The van der Waals surface area contributed by atoms with E-state index in [1.165, 1.54) is 23.1 Å². The van der Waals surface area contributed by atoms with Crippen molar-refractivity contribution >= 4 is 22.9 Å². The summed E-state index contributed by atoms with van der Waals surface area (Å²) in [6.45, 7) is 1.02. The van der Waals surface area contributed by atoms with Gasteiger partial charge in [0.25, 0.3) is 5.91 Å². The molecule has 7 heteroatoms. The fraction of sp³-hybridized carbons (Fsp3) is 0.214. The Bertz CT molecular complexity index is 726. The van der Waals surface area contributed by atoms with E-state index >= 15 is 0 Å². The van der Waals surface area contributed by atoms with Gasteiger partial charge in [-0.25, -0.2) is 0 Å². The first-order valence-corrected chi connectivity index (χ1v) is 7.27. The molecule has 1 aromatic heterocycles. The van der Waals surface area contributed by atoms with Crippen LogP contribution in [0.4, 0.5) is 5.69 Å². The summed E-state index contributed by atoms with van der Waals surface area (Å²) < 4.78 is 0. The van der Waals surface area contributed by atoms with E-state index in [-0.39, 0.29) is 11.5 Å². The van der Waals surface area contributed by atoms with Gasteiger partial charge in [-0.05, 0) is 29.5 Å². The Hall–Kier alpha value is -2.41. The molecule has 2 aromatic rings. The SMILES string of the molecule is O=C(c1cccc([N+](=O)[O-])c1O)N1CCc2sccc2C1. The van der Waals surface area contributed by atoms with E-state index in [1.807, 2.05) is 11.4 Å². The van der Waals surface area contributed by atoms with Gasteiger partial charge in [0.15, 0.2) is 0 Å². The Morgan fingerprint density at radius 2 is 2.19 bits per heavy atom. The number of carbonyl (C=O) groups is 1. The van der Waals surface area contributed by atoms with E-state index in [0.29, 0.717) is 13.1 Å². The second-order valence-electron chi connectivity index (χ2n) is 4.78. The van der Waals surface area contributed by atoms with Gasteiger partial charge in [0.1, 0.15) is 0 Å². The molecule has 0 spiro atoms. The third-order valence-electron chi connectivity index (χ3n) is 3.54. The van der Waals surface area contributed by atoms with Crippen LogP contribution in [0.3, 0.4) is 0 Å². The van der Waals surface area contributed by atoms with Gasteiger partial charge in [-0.15, -0.1) is 11.3 Å². The molecule has 0 fully saturated rings. The summed E-state index contributed by atoms with van der Waals surface area (Å²) in [5.74, 6) is -0.948. The third-order valence-corrected chi connectivity index (χ3v) is 4.56. The fourth-order valence-corrected chi connectivity index (χ4v) is 3.33. The van der Waals surface area contributed by atoms with E-state index < -0.39 is 16.4 Å². The van der Waals surface area contributed by atoms with Crippen molar-refractivity contribution in [1.29, 1.82) is 0 Å². The minimum Gasteiger partial charge on any atom is -0.502 e. The quantitative estimate of drug-likeness (QED) is 0.682. The maximum atomic E-state index is 12.5. The second kappa shape index (κ2) is 5.17. The predicted molar refractivity (Wildman–Crippen MR) is 77.5 cm³/mol. The van der Waals surface area contributed by atoms with Gasteiger partial charge >= 0.3 is 5.69 Å². The number of hydrogen-bond acceptors (Lipinski definition) is 5. The van der Waals surface area contributed by atoms with Crippen LogP contribution < -0.4 is 0 Å². The predicted octanol–water partition coefficient (Wildman–Crippen LogP) is 2.56. The Morgan fingerprint density at radius 3 is 2.95 bits per heavy atom. The van der Waals surface area contributed by atoms with Gasteiger partial charge in [0.05, 0.1) is 10.5 Å². The minimum atomic E-state index is -0.695. The number of hydrogen-bond donors (Lipinski definition) is 1. The molecular formula is C14H12N2O4S. The summed E-state index contributed by atoms with van der Waals surface area (Å²) in [5, 5.41) is 22.7. The molecular weight excluding hydrogens is 292 g/mol. The van der Waals surface area contributed by atoms with Gasteiger partial charge in [0, 0.05) is 24.0 Å². The number of phenolic OH excluding ortho intramolecular Hbond substituents is 1. The van der Waals surface area contributed by atoms with Crippen LogP contribution in [0.25, 0.3) is 0 Å². The van der Waals surface area contributed by atoms with E-state index in [1.54, 1.807) is 16.2 Å². The summed E-state index contributed by atoms with van der Waals surface area (Å²) in [6, 6.07) is 5.98. The van der Waals surface area contributed by atoms with E-state index in [9.17, 15) is 20.0 Å². The maximum absolute atomic E-state index is 12.5. The number of aromatic hydroxyl groups is 1. The smallest absolute Gasteiger partial charge is 0.311 e. The summed E-state index contributed by atoms with van der Waals surface area (Å²) in [4.78, 5) is 25.5. The van der Waals surface area contributed by atoms with Crippen LogP contribution in [0.2, 0.25) is 0 Å². The number of thiophene rings is 1. The standard InChI is InChI=1S/C14H12N2O4S/c17-13-10(2-1-3-11(13)16(19)20)14(18)15-6-4-12-9(8-15)5-7-21-12/h1-3,5,7,17H,4,6,8H2. The topological polar surface area (TPSA) is 83.7 Å². The highest BCUT2D eigenvalue weighted by molar-refractivity contribution is 7.10. The van der Waals surface area contributed by atoms with Crippen LogP contribution in [0, 0.1) is 10.1 Å². The summed E-state index contributed by atoms with van der Waals surface area (Å²) in [7, 11) is 0. The van der Waals surface area contributed by atoms with Gasteiger partial charge < -0.3 is 10.0 Å².